The highest BCUT2D eigenvalue weighted by Gasteiger charge is 2.22. The van der Waals surface area contributed by atoms with E-state index >= 15 is 0 Å². The summed E-state index contributed by atoms with van der Waals surface area (Å²) in [5.74, 6) is 1.54. The van der Waals surface area contributed by atoms with E-state index in [1.807, 2.05) is 30.5 Å². The molecule has 0 radical (unpaired) electrons. The molecule has 0 amide bonds. The van der Waals surface area contributed by atoms with Crippen LogP contribution in [0.15, 0.2) is 24.3 Å². The number of ether oxygens (including phenoxy) is 1. The lowest BCUT2D eigenvalue weighted by Crippen LogP contribution is -2.42. The Kier molecular flexibility index (Phi) is 7.68. The molecule has 1 atom stereocenters. The van der Waals surface area contributed by atoms with Crippen LogP contribution in [0, 0.1) is 0 Å². The number of aliphatic hydroxyl groups is 1. The minimum Gasteiger partial charge on any atom is -0.497 e. The van der Waals surface area contributed by atoms with Gasteiger partial charge in [0.1, 0.15) is 5.75 Å². The standard InChI is InChI=1S/C15H25NO4S2/c1-15(17,9-10-21-3)12-16-22(18,19)11-8-13-4-6-14(20-2)7-5-13/h4-7,16-17H,8-12H2,1-3H3/t15-/m0/s1. The topological polar surface area (TPSA) is 75.6 Å². The number of nitrogens with one attached hydrogen (secondary N) is 1. The fourth-order valence-corrected chi connectivity index (χ4v) is 3.62. The normalized spacial score (nSPS) is 14.5. The molecule has 0 unspecified atom stereocenters. The summed E-state index contributed by atoms with van der Waals surface area (Å²) in [5, 5.41) is 10.1. The first-order valence-corrected chi connectivity index (χ1v) is 10.1. The maximum Gasteiger partial charge on any atom is 0.212 e. The molecule has 0 aliphatic heterocycles. The molecule has 0 bridgehead atoms. The molecule has 0 spiro atoms. The van der Waals surface area contributed by atoms with Crippen LogP contribution in [0.3, 0.4) is 0 Å². The first-order valence-electron chi connectivity index (χ1n) is 7.09. The molecule has 5 nitrogen and oxygen atoms in total. The Morgan fingerprint density at radius 2 is 1.95 bits per heavy atom. The Bertz CT molecular complexity index is 541. The molecule has 1 aromatic rings. The van der Waals surface area contributed by atoms with E-state index in [9.17, 15) is 13.5 Å². The summed E-state index contributed by atoms with van der Waals surface area (Å²) < 4.78 is 31.5. The highest BCUT2D eigenvalue weighted by Crippen LogP contribution is 2.13. The van der Waals surface area contributed by atoms with Crippen LogP contribution in [0.5, 0.6) is 5.75 Å². The molecular formula is C15H25NO4S2. The fraction of sp³-hybridized carbons (Fsp3) is 0.600. The number of benzene rings is 1. The van der Waals surface area contributed by atoms with E-state index < -0.39 is 15.6 Å². The molecule has 0 fully saturated rings. The number of thioether (sulfide) groups is 1. The van der Waals surface area contributed by atoms with Crippen molar-refractivity contribution < 1.29 is 18.3 Å². The Morgan fingerprint density at radius 3 is 2.50 bits per heavy atom. The van der Waals surface area contributed by atoms with E-state index in [1.54, 1.807) is 25.8 Å². The van der Waals surface area contributed by atoms with E-state index in [-0.39, 0.29) is 12.3 Å². The van der Waals surface area contributed by atoms with Crippen molar-refractivity contribution in [1.82, 2.24) is 4.72 Å². The van der Waals surface area contributed by atoms with E-state index in [4.69, 9.17) is 4.74 Å². The second kappa shape index (κ2) is 8.76. The van der Waals surface area contributed by atoms with Crippen LogP contribution in [0.25, 0.3) is 0 Å². The SMILES string of the molecule is COc1ccc(CCS(=O)(=O)NC[C@@](C)(O)CCSC)cc1. The molecule has 0 aromatic heterocycles. The van der Waals surface area contributed by atoms with E-state index in [0.717, 1.165) is 17.1 Å². The third kappa shape index (κ3) is 7.49. The van der Waals surface area contributed by atoms with Crippen LogP contribution in [0.2, 0.25) is 0 Å². The maximum atomic E-state index is 12.0. The zero-order chi connectivity index (χ0) is 16.6. The zero-order valence-electron chi connectivity index (χ0n) is 13.3. The molecule has 0 aliphatic rings. The van der Waals surface area contributed by atoms with Gasteiger partial charge in [0.05, 0.1) is 18.5 Å². The van der Waals surface area contributed by atoms with E-state index in [0.29, 0.717) is 12.8 Å². The molecule has 126 valence electrons. The number of hydrogen-bond acceptors (Lipinski definition) is 5. The van der Waals surface area contributed by atoms with E-state index in [2.05, 4.69) is 4.72 Å². The molecule has 0 saturated heterocycles. The summed E-state index contributed by atoms with van der Waals surface area (Å²) in [4.78, 5) is 0. The van der Waals surface area contributed by atoms with Crippen LogP contribution in [0.1, 0.15) is 18.9 Å². The van der Waals surface area contributed by atoms with Gasteiger partial charge in [-0.1, -0.05) is 12.1 Å². The van der Waals surface area contributed by atoms with Gasteiger partial charge < -0.3 is 9.84 Å². The number of sulfonamides is 1. The summed E-state index contributed by atoms with van der Waals surface area (Å²) in [5.41, 5.74) is -0.0868. The van der Waals surface area contributed by atoms with Crippen molar-refractivity contribution in [2.24, 2.45) is 0 Å². The van der Waals surface area contributed by atoms with Crippen molar-refractivity contribution in [3.8, 4) is 5.75 Å². The third-order valence-electron chi connectivity index (χ3n) is 3.34. The Balaban J connectivity index is 2.46. The minimum atomic E-state index is -3.40. The summed E-state index contributed by atoms with van der Waals surface area (Å²) in [6.07, 6.45) is 2.93. The average molecular weight is 348 g/mol. The van der Waals surface area contributed by atoms with Crippen LogP contribution in [0.4, 0.5) is 0 Å². The third-order valence-corrected chi connectivity index (χ3v) is 5.27. The second-order valence-electron chi connectivity index (χ2n) is 5.48. The molecule has 1 rings (SSSR count). The van der Waals surface area contributed by atoms with E-state index in [1.165, 1.54) is 0 Å². The molecule has 0 saturated carbocycles. The zero-order valence-corrected chi connectivity index (χ0v) is 15.0. The van der Waals surface area contributed by atoms with Gasteiger partial charge in [-0.2, -0.15) is 11.8 Å². The lowest BCUT2D eigenvalue weighted by atomic mass is 10.1. The van der Waals surface area contributed by atoms with Crippen molar-refractivity contribution >= 4 is 21.8 Å². The molecule has 0 heterocycles. The van der Waals surface area contributed by atoms with Crippen molar-refractivity contribution in [3.05, 3.63) is 29.8 Å². The number of aryl methyl sites for hydroxylation is 1. The molecule has 2 N–H and O–H groups in total. The largest absolute Gasteiger partial charge is 0.497 e. The van der Waals surface area contributed by atoms with Crippen molar-refractivity contribution in [2.75, 3.05) is 31.4 Å². The predicted molar refractivity (Wildman–Crippen MR) is 92.1 cm³/mol. The van der Waals surface area contributed by atoms with Crippen LogP contribution in [-0.4, -0.2) is 50.5 Å². The van der Waals surface area contributed by atoms with Crippen LogP contribution >= 0.6 is 11.8 Å². The first kappa shape index (κ1) is 19.3. The summed E-state index contributed by atoms with van der Waals surface area (Å²) in [6, 6.07) is 7.32. The molecule has 1 aromatic carbocycles. The minimum absolute atomic E-state index is 0.00205. The monoisotopic (exact) mass is 347 g/mol. The van der Waals surface area contributed by atoms with Gasteiger partial charge in [-0.3, -0.25) is 0 Å². The highest BCUT2D eigenvalue weighted by atomic mass is 32.2. The van der Waals surface area contributed by atoms with Gasteiger partial charge in [0, 0.05) is 6.54 Å². The van der Waals surface area contributed by atoms with Crippen LogP contribution in [-0.2, 0) is 16.4 Å². The fourth-order valence-electron chi connectivity index (χ4n) is 1.79. The Morgan fingerprint density at radius 1 is 1.32 bits per heavy atom. The average Bonchev–Trinajstić information content (AvgIpc) is 2.50. The molecule has 7 heteroatoms. The van der Waals surface area contributed by atoms with Gasteiger partial charge in [0.15, 0.2) is 0 Å². The quantitative estimate of drug-likeness (QED) is 0.673. The molecule has 0 aliphatic carbocycles. The summed E-state index contributed by atoms with van der Waals surface area (Å²) >= 11 is 1.62. The summed E-state index contributed by atoms with van der Waals surface area (Å²) in [7, 11) is -1.81. The van der Waals surface area contributed by atoms with Crippen molar-refractivity contribution in [2.45, 2.75) is 25.4 Å². The van der Waals surface area contributed by atoms with Crippen LogP contribution < -0.4 is 9.46 Å². The lowest BCUT2D eigenvalue weighted by molar-refractivity contribution is 0.0626. The van der Waals surface area contributed by atoms with Gasteiger partial charge in [0.2, 0.25) is 10.0 Å². The van der Waals surface area contributed by atoms with Crippen molar-refractivity contribution in [3.63, 3.8) is 0 Å². The lowest BCUT2D eigenvalue weighted by Gasteiger charge is -2.23. The Labute approximate surface area is 137 Å². The summed E-state index contributed by atoms with van der Waals surface area (Å²) in [6.45, 7) is 1.69. The second-order valence-corrected chi connectivity index (χ2v) is 8.39. The number of methoxy groups -OCH3 is 1. The number of rotatable bonds is 10. The smallest absolute Gasteiger partial charge is 0.212 e. The number of hydrogen-bond donors (Lipinski definition) is 2. The Hall–Kier alpha value is -0.760. The molecule has 22 heavy (non-hydrogen) atoms. The van der Waals surface area contributed by atoms with Crippen molar-refractivity contribution in [1.29, 1.82) is 0 Å². The van der Waals surface area contributed by atoms with Gasteiger partial charge in [-0.05, 0) is 49.5 Å². The highest BCUT2D eigenvalue weighted by molar-refractivity contribution is 7.98. The predicted octanol–water partition coefficient (Wildman–Crippen LogP) is 1.66. The first-order chi connectivity index (χ1) is 10.3. The van der Waals surface area contributed by atoms with Gasteiger partial charge >= 0.3 is 0 Å². The van der Waals surface area contributed by atoms with Gasteiger partial charge in [-0.15, -0.1) is 0 Å². The van der Waals surface area contributed by atoms with Gasteiger partial charge in [0.25, 0.3) is 0 Å². The molecular weight excluding hydrogens is 322 g/mol. The van der Waals surface area contributed by atoms with Gasteiger partial charge in [-0.25, -0.2) is 13.1 Å². The maximum absolute atomic E-state index is 12.0.